The maximum absolute atomic E-state index is 12.8. The zero-order chi connectivity index (χ0) is 9.59. The summed E-state index contributed by atoms with van der Waals surface area (Å²) in [4.78, 5) is 0. The Kier molecular flexibility index (Phi) is 1.58. The van der Waals surface area contributed by atoms with Gasteiger partial charge in [0.1, 0.15) is 0 Å². The molecule has 0 atom stereocenters. The quantitative estimate of drug-likeness (QED) is 0.357. The maximum atomic E-state index is 12.8. The molecule has 70 valence electrons. The van der Waals surface area contributed by atoms with Crippen molar-refractivity contribution in [3.63, 3.8) is 0 Å². The fourth-order valence-electron chi connectivity index (χ4n) is 0.997. The number of rotatable bonds is 0. The lowest BCUT2D eigenvalue weighted by atomic mass is 10.2. The van der Waals surface area contributed by atoms with Crippen LogP contribution in [0.4, 0.5) is 17.6 Å². The smallest absolute Gasteiger partial charge is 0.231 e. The van der Waals surface area contributed by atoms with Crippen molar-refractivity contribution in [3.8, 4) is 11.5 Å². The Balaban J connectivity index is 2.77. The van der Waals surface area contributed by atoms with E-state index in [1.165, 1.54) is 0 Å². The molecule has 0 saturated heterocycles. The average molecular weight is 194 g/mol. The van der Waals surface area contributed by atoms with Crippen LogP contribution in [0.1, 0.15) is 0 Å². The van der Waals surface area contributed by atoms with Crippen LogP contribution >= 0.6 is 0 Å². The van der Waals surface area contributed by atoms with E-state index in [-0.39, 0.29) is 0 Å². The molecule has 0 amide bonds. The van der Waals surface area contributed by atoms with Crippen molar-refractivity contribution < 1.29 is 27.0 Å². The second kappa shape index (κ2) is 2.51. The molecular weight excluding hydrogens is 192 g/mol. The molecule has 0 radical (unpaired) electrons. The van der Waals surface area contributed by atoms with E-state index in [2.05, 4.69) is 9.47 Å². The van der Waals surface area contributed by atoms with E-state index in [9.17, 15) is 17.6 Å². The van der Waals surface area contributed by atoms with Crippen LogP contribution in [0.5, 0.6) is 11.5 Å². The molecule has 1 aliphatic heterocycles. The Morgan fingerprint density at radius 3 is 1.46 bits per heavy atom. The summed E-state index contributed by atoms with van der Waals surface area (Å²) in [5.74, 6) is -8.41. The molecule has 13 heavy (non-hydrogen) atoms. The predicted molar refractivity (Wildman–Crippen MR) is 32.4 cm³/mol. The topological polar surface area (TPSA) is 18.5 Å². The van der Waals surface area contributed by atoms with E-state index < -0.39 is 41.6 Å². The normalized spacial score (nSPS) is 13.5. The van der Waals surface area contributed by atoms with Crippen LogP contribution in [-0.2, 0) is 0 Å². The molecule has 0 bridgehead atoms. The third-order valence-electron chi connectivity index (χ3n) is 1.59. The predicted octanol–water partition coefficient (Wildman–Crippen LogP) is 1.97. The molecule has 0 unspecified atom stereocenters. The van der Waals surface area contributed by atoms with Gasteiger partial charge in [-0.2, -0.15) is 8.78 Å². The van der Waals surface area contributed by atoms with Crippen LogP contribution in [0.15, 0.2) is 0 Å². The molecule has 1 aromatic rings. The van der Waals surface area contributed by atoms with Gasteiger partial charge in [-0.1, -0.05) is 0 Å². The van der Waals surface area contributed by atoms with Crippen molar-refractivity contribution in [1.29, 1.82) is 0 Å². The Morgan fingerprint density at radius 2 is 1.08 bits per heavy atom. The van der Waals surface area contributed by atoms with Gasteiger partial charge in [0.25, 0.3) is 0 Å². The van der Waals surface area contributed by atoms with E-state index in [0.717, 1.165) is 0 Å². The van der Waals surface area contributed by atoms with Crippen molar-refractivity contribution >= 4 is 0 Å². The third kappa shape index (κ3) is 0.944. The summed E-state index contributed by atoms with van der Waals surface area (Å²) in [7, 11) is 0. The van der Waals surface area contributed by atoms with Gasteiger partial charge in [-0.3, -0.25) is 0 Å². The van der Waals surface area contributed by atoms with Crippen molar-refractivity contribution in [2.24, 2.45) is 0 Å². The first-order valence-electron chi connectivity index (χ1n) is 3.24. The van der Waals surface area contributed by atoms with E-state index in [1.807, 2.05) is 0 Å². The number of ether oxygens (including phenoxy) is 2. The zero-order valence-corrected chi connectivity index (χ0v) is 6.04. The molecule has 1 aromatic carbocycles. The highest BCUT2D eigenvalue weighted by atomic mass is 19.2. The van der Waals surface area contributed by atoms with Crippen LogP contribution in [-0.4, -0.2) is 6.79 Å². The summed E-state index contributed by atoms with van der Waals surface area (Å²) < 4.78 is 59.4. The largest absolute Gasteiger partial charge is 0.450 e. The molecule has 0 aliphatic carbocycles. The highest BCUT2D eigenvalue weighted by Crippen LogP contribution is 2.39. The number of hydrogen-bond donors (Lipinski definition) is 0. The number of fused-ring (bicyclic) bond motifs is 1. The fraction of sp³-hybridized carbons (Fsp3) is 0.143. The minimum Gasteiger partial charge on any atom is -0.450 e. The van der Waals surface area contributed by atoms with Crippen molar-refractivity contribution in [2.75, 3.05) is 6.79 Å². The second-order valence-corrected chi connectivity index (χ2v) is 2.32. The molecule has 0 aromatic heterocycles. The van der Waals surface area contributed by atoms with Crippen LogP contribution < -0.4 is 9.47 Å². The molecule has 1 heterocycles. The molecule has 1 aliphatic rings. The molecule has 0 saturated carbocycles. The molecule has 0 N–H and O–H groups in total. The summed E-state index contributed by atoms with van der Waals surface area (Å²) >= 11 is 0. The number of hydrogen-bond acceptors (Lipinski definition) is 2. The van der Waals surface area contributed by atoms with Crippen LogP contribution in [0, 0.1) is 23.3 Å². The summed E-state index contributed by atoms with van der Waals surface area (Å²) in [6.45, 7) is -0.452. The minimum absolute atomic E-state index is 0.452. The first-order chi connectivity index (χ1) is 6.13. The van der Waals surface area contributed by atoms with Crippen LogP contribution in [0.2, 0.25) is 0 Å². The van der Waals surface area contributed by atoms with Crippen molar-refractivity contribution in [3.05, 3.63) is 23.3 Å². The summed E-state index contributed by atoms with van der Waals surface area (Å²) in [6, 6.07) is 0. The van der Waals surface area contributed by atoms with Crippen molar-refractivity contribution in [2.45, 2.75) is 0 Å². The lowest BCUT2D eigenvalue weighted by Crippen LogP contribution is -1.97. The van der Waals surface area contributed by atoms with E-state index in [4.69, 9.17) is 0 Å². The van der Waals surface area contributed by atoms with Crippen LogP contribution in [0.25, 0.3) is 0 Å². The van der Waals surface area contributed by atoms with E-state index in [1.54, 1.807) is 0 Å². The Hall–Kier alpha value is -1.46. The summed E-state index contributed by atoms with van der Waals surface area (Å²) in [6.07, 6.45) is 0. The third-order valence-corrected chi connectivity index (χ3v) is 1.59. The first-order valence-corrected chi connectivity index (χ1v) is 3.24. The van der Waals surface area contributed by atoms with Gasteiger partial charge in [-0.25, -0.2) is 8.78 Å². The average Bonchev–Trinajstić information content (AvgIpc) is 2.59. The van der Waals surface area contributed by atoms with Gasteiger partial charge in [0.15, 0.2) is 0 Å². The monoisotopic (exact) mass is 194 g/mol. The lowest BCUT2D eigenvalue weighted by Gasteiger charge is -2.01. The molecule has 0 fully saturated rings. The minimum atomic E-state index is -1.90. The first kappa shape index (κ1) is 8.15. The Labute approximate surface area is 69.7 Å². The fourth-order valence-corrected chi connectivity index (χ4v) is 0.997. The van der Waals surface area contributed by atoms with Crippen LogP contribution in [0.3, 0.4) is 0 Å². The lowest BCUT2D eigenvalue weighted by molar-refractivity contribution is 0.167. The molecular formula is C7H2F4O2. The van der Waals surface area contributed by atoms with E-state index >= 15 is 0 Å². The molecule has 0 spiro atoms. The molecule has 2 rings (SSSR count). The number of benzene rings is 1. The summed E-state index contributed by atoms with van der Waals surface area (Å²) in [5, 5.41) is 0. The molecule has 6 heteroatoms. The number of halogens is 4. The highest BCUT2D eigenvalue weighted by Gasteiger charge is 2.31. The standard InChI is InChI=1S/C7H2F4O2/c8-2-3(9)5(11)7-6(4(2)10)12-1-13-7/h1H2. The Bertz CT molecular complexity index is 342. The summed E-state index contributed by atoms with van der Waals surface area (Å²) in [5.41, 5.74) is 0. The van der Waals surface area contributed by atoms with Gasteiger partial charge in [0.2, 0.25) is 41.6 Å². The van der Waals surface area contributed by atoms with Gasteiger partial charge in [-0.05, 0) is 0 Å². The zero-order valence-electron chi connectivity index (χ0n) is 6.04. The van der Waals surface area contributed by atoms with Gasteiger partial charge < -0.3 is 9.47 Å². The van der Waals surface area contributed by atoms with Crippen molar-refractivity contribution in [1.82, 2.24) is 0 Å². The van der Waals surface area contributed by atoms with Gasteiger partial charge in [-0.15, -0.1) is 0 Å². The maximum Gasteiger partial charge on any atom is 0.231 e. The SMILES string of the molecule is Fc1c(F)c(F)c2c(c1F)OCO2. The van der Waals surface area contributed by atoms with Gasteiger partial charge >= 0.3 is 0 Å². The Morgan fingerprint density at radius 1 is 0.692 bits per heavy atom. The second-order valence-electron chi connectivity index (χ2n) is 2.32. The van der Waals surface area contributed by atoms with Gasteiger partial charge in [0.05, 0.1) is 0 Å². The van der Waals surface area contributed by atoms with Gasteiger partial charge in [0, 0.05) is 0 Å². The highest BCUT2D eigenvalue weighted by molar-refractivity contribution is 5.45. The molecule has 2 nitrogen and oxygen atoms in total. The van der Waals surface area contributed by atoms with E-state index in [0.29, 0.717) is 0 Å².